The van der Waals surface area contributed by atoms with E-state index in [2.05, 4.69) is 30.0 Å². The number of aryl methyl sites for hydroxylation is 1. The molecular formula is C32H37ClF3N9O5. The van der Waals surface area contributed by atoms with E-state index in [0.717, 1.165) is 18.2 Å². The number of aromatic hydroxyl groups is 1. The lowest BCUT2D eigenvalue weighted by molar-refractivity contribution is -0.137. The number of piperazine rings is 1. The van der Waals surface area contributed by atoms with Gasteiger partial charge in [0.25, 0.3) is 5.91 Å². The van der Waals surface area contributed by atoms with Crippen molar-refractivity contribution in [1.29, 1.82) is 0 Å². The predicted octanol–water partition coefficient (Wildman–Crippen LogP) is 3.76. The van der Waals surface area contributed by atoms with Crippen LogP contribution in [0, 0.1) is 6.92 Å². The Balaban J connectivity index is 0.00000181. The highest BCUT2D eigenvalue weighted by Gasteiger charge is 2.32. The van der Waals surface area contributed by atoms with Crippen LogP contribution in [0.15, 0.2) is 35.5 Å². The molecule has 3 aromatic heterocycles. The van der Waals surface area contributed by atoms with Crippen LogP contribution in [0.25, 0.3) is 11.2 Å². The molecule has 268 valence electrons. The van der Waals surface area contributed by atoms with Crippen LogP contribution in [0.4, 0.5) is 30.4 Å². The SMILES string of the molecule is CCc1c(N2CCN(C(=O)c3ncnc(C)c3O)CC2)c(=O)c2nc(N(C)C)cnc2n1CC(=O)Nc1ccc(C(F)(F)F)cc1Cl.COC. The summed E-state index contributed by atoms with van der Waals surface area (Å²) in [6.45, 7) is 3.93. The van der Waals surface area contributed by atoms with Crippen molar-refractivity contribution in [2.24, 2.45) is 0 Å². The molecule has 18 heteroatoms. The number of anilines is 3. The van der Waals surface area contributed by atoms with Crippen molar-refractivity contribution in [2.75, 3.05) is 69.6 Å². The van der Waals surface area contributed by atoms with Crippen LogP contribution in [0.5, 0.6) is 5.75 Å². The van der Waals surface area contributed by atoms with E-state index in [1.54, 1.807) is 44.7 Å². The molecule has 2 amide bonds. The first-order chi connectivity index (χ1) is 23.6. The molecule has 1 aliphatic heterocycles. The Labute approximate surface area is 290 Å². The number of nitrogens with one attached hydrogen (secondary N) is 1. The van der Waals surface area contributed by atoms with Gasteiger partial charge in [-0.1, -0.05) is 18.5 Å². The van der Waals surface area contributed by atoms with Gasteiger partial charge < -0.3 is 34.4 Å². The first kappa shape index (κ1) is 37.8. The second-order valence-corrected chi connectivity index (χ2v) is 11.9. The highest BCUT2D eigenvalue weighted by atomic mass is 35.5. The molecule has 0 bridgehead atoms. The number of aromatic nitrogens is 5. The molecule has 0 unspecified atom stereocenters. The number of benzene rings is 1. The van der Waals surface area contributed by atoms with Gasteiger partial charge in [-0.25, -0.2) is 19.9 Å². The summed E-state index contributed by atoms with van der Waals surface area (Å²) < 4.78 is 45.2. The van der Waals surface area contributed by atoms with Gasteiger partial charge >= 0.3 is 6.18 Å². The number of carbonyl (C=O) groups excluding carboxylic acids is 2. The number of nitrogens with zero attached hydrogens (tertiary/aromatic N) is 8. The van der Waals surface area contributed by atoms with Crippen LogP contribution < -0.4 is 20.5 Å². The monoisotopic (exact) mass is 719 g/mol. The summed E-state index contributed by atoms with van der Waals surface area (Å²) in [6, 6.07) is 2.62. The first-order valence-electron chi connectivity index (χ1n) is 15.3. The molecule has 0 spiro atoms. The lowest BCUT2D eigenvalue weighted by Gasteiger charge is -2.37. The van der Waals surface area contributed by atoms with Gasteiger partial charge in [0.1, 0.15) is 24.4 Å². The number of hydrogen-bond acceptors (Lipinski definition) is 11. The summed E-state index contributed by atoms with van der Waals surface area (Å²) >= 11 is 6.07. The van der Waals surface area contributed by atoms with E-state index in [9.17, 15) is 32.7 Å². The third-order valence-corrected chi connectivity index (χ3v) is 8.09. The van der Waals surface area contributed by atoms with E-state index in [1.165, 1.54) is 17.4 Å². The minimum atomic E-state index is -4.60. The second kappa shape index (κ2) is 15.7. The molecule has 1 aromatic carbocycles. The molecular weight excluding hydrogens is 683 g/mol. The molecule has 4 heterocycles. The van der Waals surface area contributed by atoms with Crippen LogP contribution in [-0.2, 0) is 28.7 Å². The van der Waals surface area contributed by atoms with Crippen molar-refractivity contribution in [3.63, 3.8) is 0 Å². The minimum absolute atomic E-state index is 0.0139. The van der Waals surface area contributed by atoms with Gasteiger partial charge in [0.15, 0.2) is 22.6 Å². The van der Waals surface area contributed by atoms with Gasteiger partial charge in [-0.2, -0.15) is 13.2 Å². The fraction of sp³-hybridized carbons (Fsp3) is 0.406. The van der Waals surface area contributed by atoms with Crippen molar-refractivity contribution in [3.8, 4) is 5.75 Å². The number of ether oxygens (including phenoxy) is 1. The number of pyridine rings is 1. The van der Waals surface area contributed by atoms with E-state index in [-0.39, 0.29) is 71.7 Å². The second-order valence-electron chi connectivity index (χ2n) is 11.4. The summed E-state index contributed by atoms with van der Waals surface area (Å²) in [5, 5.41) is 12.6. The first-order valence-corrected chi connectivity index (χ1v) is 15.7. The van der Waals surface area contributed by atoms with Crippen LogP contribution >= 0.6 is 11.6 Å². The van der Waals surface area contributed by atoms with Crippen molar-refractivity contribution in [2.45, 2.75) is 33.0 Å². The quantitative estimate of drug-likeness (QED) is 0.287. The molecule has 1 aliphatic rings. The van der Waals surface area contributed by atoms with Crippen LogP contribution in [-0.4, -0.2) is 101 Å². The fourth-order valence-electron chi connectivity index (χ4n) is 5.32. The minimum Gasteiger partial charge on any atom is -0.504 e. The van der Waals surface area contributed by atoms with Gasteiger partial charge in [0.05, 0.1) is 28.2 Å². The molecule has 0 radical (unpaired) electrons. The highest BCUT2D eigenvalue weighted by Crippen LogP contribution is 2.34. The van der Waals surface area contributed by atoms with E-state index in [4.69, 9.17) is 11.6 Å². The molecule has 14 nitrogen and oxygen atoms in total. The Morgan fingerprint density at radius 1 is 1.10 bits per heavy atom. The van der Waals surface area contributed by atoms with E-state index in [1.807, 2.05) is 11.8 Å². The zero-order valence-corrected chi connectivity index (χ0v) is 29.1. The van der Waals surface area contributed by atoms with Crippen molar-refractivity contribution in [1.82, 2.24) is 29.4 Å². The van der Waals surface area contributed by atoms with Gasteiger partial charge in [0.2, 0.25) is 11.3 Å². The molecule has 50 heavy (non-hydrogen) atoms. The summed E-state index contributed by atoms with van der Waals surface area (Å²) in [4.78, 5) is 62.4. The third kappa shape index (κ3) is 8.05. The summed E-state index contributed by atoms with van der Waals surface area (Å²) in [7, 11) is 6.73. The van der Waals surface area contributed by atoms with E-state index < -0.39 is 29.0 Å². The number of halogens is 4. The average molecular weight is 720 g/mol. The molecule has 5 rings (SSSR count). The van der Waals surface area contributed by atoms with E-state index in [0.29, 0.717) is 23.6 Å². The molecule has 0 aliphatic carbocycles. The molecule has 1 fully saturated rings. The van der Waals surface area contributed by atoms with Crippen LogP contribution in [0.1, 0.15) is 34.4 Å². The summed E-state index contributed by atoms with van der Waals surface area (Å²) in [6.07, 6.45) is -1.63. The standard InChI is InChI=1S/C30H31ClF3N9O4.C2H6O/c1-5-20-25(41-8-10-42(11-9-41)29(47)24-26(45)16(2)36-15-37-24)27(46)23-28(35-13-21(39-23)40(3)4)43(20)14-22(44)38-19-7-6-17(12-18(19)31)30(32,33)34;1-3-2/h6-7,12-13,15,45H,5,8-11,14H2,1-4H3,(H,38,44);1-2H3. The van der Waals surface area contributed by atoms with Crippen molar-refractivity contribution < 1.29 is 32.6 Å². The predicted molar refractivity (Wildman–Crippen MR) is 182 cm³/mol. The number of alkyl halides is 3. The van der Waals surface area contributed by atoms with Crippen molar-refractivity contribution >= 4 is 51.8 Å². The average Bonchev–Trinajstić information content (AvgIpc) is 3.07. The van der Waals surface area contributed by atoms with Gasteiger partial charge in [-0.3, -0.25) is 14.4 Å². The Bertz CT molecular complexity index is 1950. The Morgan fingerprint density at radius 2 is 1.76 bits per heavy atom. The third-order valence-electron chi connectivity index (χ3n) is 7.78. The Hall–Kier alpha value is -5.03. The maximum absolute atomic E-state index is 14.1. The number of hydrogen-bond donors (Lipinski definition) is 2. The normalized spacial score (nSPS) is 13.2. The maximum atomic E-state index is 14.1. The number of fused-ring (bicyclic) bond motifs is 1. The Kier molecular flexibility index (Phi) is 11.8. The summed E-state index contributed by atoms with van der Waals surface area (Å²) in [5.74, 6) is -0.977. The topological polar surface area (TPSA) is 159 Å². The van der Waals surface area contributed by atoms with Gasteiger partial charge in [-0.05, 0) is 31.5 Å². The van der Waals surface area contributed by atoms with Gasteiger partial charge in [0, 0.05) is 60.2 Å². The smallest absolute Gasteiger partial charge is 0.416 e. The fourth-order valence-corrected chi connectivity index (χ4v) is 5.55. The number of rotatable bonds is 7. The molecule has 4 aromatic rings. The zero-order valence-electron chi connectivity index (χ0n) is 28.3. The molecule has 2 N–H and O–H groups in total. The largest absolute Gasteiger partial charge is 0.504 e. The summed E-state index contributed by atoms with van der Waals surface area (Å²) in [5.41, 5.74) is -0.276. The van der Waals surface area contributed by atoms with Crippen LogP contribution in [0.2, 0.25) is 5.02 Å². The lowest BCUT2D eigenvalue weighted by Crippen LogP contribution is -2.50. The van der Waals surface area contributed by atoms with Gasteiger partial charge in [-0.15, -0.1) is 0 Å². The molecule has 0 saturated carbocycles. The number of methoxy groups -OCH3 is 1. The van der Waals surface area contributed by atoms with Crippen LogP contribution in [0.3, 0.4) is 0 Å². The lowest BCUT2D eigenvalue weighted by atomic mass is 10.1. The highest BCUT2D eigenvalue weighted by molar-refractivity contribution is 6.33. The zero-order chi connectivity index (χ0) is 36.9. The van der Waals surface area contributed by atoms with Crippen molar-refractivity contribution in [3.05, 3.63) is 68.6 Å². The van der Waals surface area contributed by atoms with E-state index >= 15 is 0 Å². The number of carbonyl (C=O) groups is 2. The molecule has 0 atom stereocenters. The maximum Gasteiger partial charge on any atom is 0.416 e. The molecule has 1 saturated heterocycles. The number of amides is 2. The Morgan fingerprint density at radius 3 is 2.34 bits per heavy atom.